The summed E-state index contributed by atoms with van der Waals surface area (Å²) in [7, 11) is -0.809. The van der Waals surface area contributed by atoms with Crippen molar-refractivity contribution in [3.63, 3.8) is 0 Å². The van der Waals surface area contributed by atoms with E-state index in [0.717, 1.165) is 14.7 Å². The molecule has 32 heavy (non-hydrogen) atoms. The molecule has 1 aromatic heterocycles. The van der Waals surface area contributed by atoms with E-state index in [2.05, 4.69) is 5.32 Å². The molecular weight excluding hydrogens is 456 g/mol. The highest BCUT2D eigenvalue weighted by Gasteiger charge is 2.24. The lowest BCUT2D eigenvalue weighted by molar-refractivity contribution is -0.119. The number of aryl methyl sites for hydroxylation is 1. The Kier molecular flexibility index (Phi) is 8.53. The zero-order chi connectivity index (χ0) is 24.1. The summed E-state index contributed by atoms with van der Waals surface area (Å²) in [6.07, 6.45) is 0.598. The molecule has 0 unspecified atom stereocenters. The summed E-state index contributed by atoms with van der Waals surface area (Å²) in [5.74, 6) is -1.91. The van der Waals surface area contributed by atoms with Crippen LogP contribution in [0.15, 0.2) is 29.2 Å². The Labute approximate surface area is 191 Å². The van der Waals surface area contributed by atoms with Gasteiger partial charge in [-0.15, -0.1) is 11.3 Å². The first kappa shape index (κ1) is 25.5. The van der Waals surface area contributed by atoms with Crippen LogP contribution < -0.4 is 5.32 Å². The van der Waals surface area contributed by atoms with Crippen LogP contribution >= 0.6 is 11.3 Å². The SMILES string of the molecule is CCOC(=O)c1c(NC(=O)COC(=O)c2ccc(S(=O)(=O)N(C)C)cc2)sc(C)c1CC. The van der Waals surface area contributed by atoms with Gasteiger partial charge in [0.1, 0.15) is 5.00 Å². The van der Waals surface area contributed by atoms with Crippen LogP contribution in [0.3, 0.4) is 0 Å². The van der Waals surface area contributed by atoms with E-state index >= 15 is 0 Å². The minimum absolute atomic E-state index is 0.0306. The van der Waals surface area contributed by atoms with E-state index in [1.807, 2.05) is 13.8 Å². The summed E-state index contributed by atoms with van der Waals surface area (Å²) >= 11 is 1.25. The summed E-state index contributed by atoms with van der Waals surface area (Å²) in [5.41, 5.74) is 1.21. The Balaban J connectivity index is 2.06. The molecule has 1 aromatic carbocycles. The molecule has 0 spiro atoms. The molecule has 2 rings (SSSR count). The number of nitrogens with one attached hydrogen (secondary N) is 1. The Bertz CT molecular complexity index is 1100. The molecule has 1 amide bonds. The fraction of sp³-hybridized carbons (Fsp3) is 0.381. The third-order valence-corrected chi connectivity index (χ3v) is 7.39. The van der Waals surface area contributed by atoms with Gasteiger partial charge in [-0.2, -0.15) is 0 Å². The van der Waals surface area contributed by atoms with Gasteiger partial charge < -0.3 is 14.8 Å². The Morgan fingerprint density at radius 1 is 1.03 bits per heavy atom. The molecule has 1 N–H and O–H groups in total. The quantitative estimate of drug-likeness (QED) is 0.546. The molecule has 174 valence electrons. The summed E-state index contributed by atoms with van der Waals surface area (Å²) in [5, 5.41) is 2.95. The number of esters is 2. The largest absolute Gasteiger partial charge is 0.462 e. The number of carbonyl (C=O) groups excluding carboxylic acids is 3. The van der Waals surface area contributed by atoms with Crippen LogP contribution in [0.25, 0.3) is 0 Å². The van der Waals surface area contributed by atoms with E-state index in [0.29, 0.717) is 17.0 Å². The van der Waals surface area contributed by atoms with Crippen LogP contribution in [0, 0.1) is 6.92 Å². The lowest BCUT2D eigenvalue weighted by Crippen LogP contribution is -2.23. The Hall–Kier alpha value is -2.76. The predicted molar refractivity (Wildman–Crippen MR) is 121 cm³/mol. The van der Waals surface area contributed by atoms with E-state index in [1.54, 1.807) is 6.92 Å². The highest BCUT2D eigenvalue weighted by Crippen LogP contribution is 2.34. The number of anilines is 1. The number of hydrogen-bond acceptors (Lipinski definition) is 8. The topological polar surface area (TPSA) is 119 Å². The molecule has 0 aliphatic rings. The average Bonchev–Trinajstić information content (AvgIpc) is 3.06. The van der Waals surface area contributed by atoms with Crippen molar-refractivity contribution >= 4 is 44.2 Å². The minimum atomic E-state index is -3.62. The maximum Gasteiger partial charge on any atom is 0.341 e. The smallest absolute Gasteiger partial charge is 0.341 e. The second-order valence-corrected chi connectivity index (χ2v) is 10.2. The third kappa shape index (κ3) is 5.72. The predicted octanol–water partition coefficient (Wildman–Crippen LogP) is 2.84. The molecule has 0 saturated carbocycles. The van der Waals surface area contributed by atoms with Crippen molar-refractivity contribution in [1.29, 1.82) is 0 Å². The minimum Gasteiger partial charge on any atom is -0.462 e. The molecule has 9 nitrogen and oxygen atoms in total. The van der Waals surface area contributed by atoms with Crippen molar-refractivity contribution in [2.45, 2.75) is 32.1 Å². The van der Waals surface area contributed by atoms with Gasteiger partial charge in [-0.05, 0) is 50.1 Å². The van der Waals surface area contributed by atoms with Crippen LogP contribution in [-0.4, -0.2) is 57.9 Å². The maximum absolute atomic E-state index is 12.3. The number of amides is 1. The number of sulfonamides is 1. The van der Waals surface area contributed by atoms with Crippen LogP contribution in [0.2, 0.25) is 0 Å². The number of ether oxygens (including phenoxy) is 2. The lowest BCUT2D eigenvalue weighted by atomic mass is 10.1. The van der Waals surface area contributed by atoms with Crippen molar-refractivity contribution in [2.75, 3.05) is 32.6 Å². The normalized spacial score (nSPS) is 11.3. The second kappa shape index (κ2) is 10.7. The van der Waals surface area contributed by atoms with Crippen molar-refractivity contribution in [3.05, 3.63) is 45.8 Å². The first-order chi connectivity index (χ1) is 15.0. The van der Waals surface area contributed by atoms with E-state index in [1.165, 1.54) is 49.7 Å². The molecule has 0 aliphatic heterocycles. The van der Waals surface area contributed by atoms with Crippen LogP contribution in [0.4, 0.5) is 5.00 Å². The number of rotatable bonds is 9. The molecule has 11 heteroatoms. The van der Waals surface area contributed by atoms with E-state index in [9.17, 15) is 22.8 Å². The van der Waals surface area contributed by atoms with Gasteiger partial charge in [-0.1, -0.05) is 6.92 Å². The average molecular weight is 483 g/mol. The number of hydrogen-bond donors (Lipinski definition) is 1. The van der Waals surface area contributed by atoms with Gasteiger partial charge in [-0.3, -0.25) is 4.79 Å². The summed E-state index contributed by atoms with van der Waals surface area (Å²) in [4.78, 5) is 37.8. The fourth-order valence-electron chi connectivity index (χ4n) is 2.86. The zero-order valence-electron chi connectivity index (χ0n) is 18.6. The van der Waals surface area contributed by atoms with E-state index in [-0.39, 0.29) is 17.1 Å². The Morgan fingerprint density at radius 2 is 1.66 bits per heavy atom. The molecule has 0 bridgehead atoms. The van der Waals surface area contributed by atoms with Crippen LogP contribution in [0.5, 0.6) is 0 Å². The van der Waals surface area contributed by atoms with Gasteiger partial charge in [0.15, 0.2) is 6.61 Å². The highest BCUT2D eigenvalue weighted by atomic mass is 32.2. The summed E-state index contributed by atoms with van der Waals surface area (Å²) < 4.78 is 35.4. The molecule has 2 aromatic rings. The lowest BCUT2D eigenvalue weighted by Gasteiger charge is -2.11. The maximum atomic E-state index is 12.3. The van der Waals surface area contributed by atoms with E-state index in [4.69, 9.17) is 9.47 Å². The zero-order valence-corrected chi connectivity index (χ0v) is 20.2. The number of benzene rings is 1. The molecule has 0 fully saturated rings. The van der Waals surface area contributed by atoms with Gasteiger partial charge in [-0.25, -0.2) is 22.3 Å². The fourth-order valence-corrected chi connectivity index (χ4v) is 4.91. The van der Waals surface area contributed by atoms with Crippen molar-refractivity contribution in [1.82, 2.24) is 4.31 Å². The molecular formula is C21H26N2O7S2. The van der Waals surface area contributed by atoms with Gasteiger partial charge >= 0.3 is 11.9 Å². The van der Waals surface area contributed by atoms with Crippen molar-refractivity contribution in [2.24, 2.45) is 0 Å². The number of nitrogens with zero attached hydrogens (tertiary/aromatic N) is 1. The summed E-state index contributed by atoms with van der Waals surface area (Å²) in [6.45, 7) is 5.08. The first-order valence-electron chi connectivity index (χ1n) is 9.81. The first-order valence-corrected chi connectivity index (χ1v) is 12.1. The molecule has 0 atom stereocenters. The van der Waals surface area contributed by atoms with Crippen LogP contribution in [0.1, 0.15) is 45.0 Å². The van der Waals surface area contributed by atoms with Gasteiger partial charge in [0.25, 0.3) is 5.91 Å². The number of carbonyl (C=O) groups is 3. The monoisotopic (exact) mass is 482 g/mol. The van der Waals surface area contributed by atoms with E-state index < -0.39 is 34.5 Å². The molecule has 0 radical (unpaired) electrons. The molecule has 1 heterocycles. The molecule has 0 aliphatic carbocycles. The van der Waals surface area contributed by atoms with Crippen LogP contribution in [-0.2, 0) is 30.7 Å². The molecule has 0 saturated heterocycles. The van der Waals surface area contributed by atoms with Gasteiger partial charge in [0, 0.05) is 19.0 Å². The second-order valence-electron chi connectivity index (χ2n) is 6.85. The van der Waals surface area contributed by atoms with Gasteiger partial charge in [0.05, 0.1) is 22.6 Å². The Morgan fingerprint density at radius 3 is 2.19 bits per heavy atom. The highest BCUT2D eigenvalue weighted by molar-refractivity contribution is 7.89. The van der Waals surface area contributed by atoms with Crippen molar-refractivity contribution in [3.8, 4) is 0 Å². The van der Waals surface area contributed by atoms with Gasteiger partial charge in [0.2, 0.25) is 10.0 Å². The third-order valence-electron chi connectivity index (χ3n) is 4.50. The number of thiophene rings is 1. The van der Waals surface area contributed by atoms with Crippen molar-refractivity contribution < 1.29 is 32.3 Å². The standard InChI is InChI=1S/C21H26N2O7S2/c1-6-16-13(3)31-19(18(16)21(26)29-7-2)22-17(24)12-30-20(25)14-8-10-15(11-9-14)32(27,28)23(4)5/h8-11H,6-7,12H2,1-5H3,(H,22,24). The summed E-state index contributed by atoms with van der Waals surface area (Å²) in [6, 6.07) is 5.20.